The van der Waals surface area contributed by atoms with Gasteiger partial charge in [-0.3, -0.25) is 0 Å². The second-order valence-electron chi connectivity index (χ2n) is 8.80. The average molecular weight is 375 g/mol. The van der Waals surface area contributed by atoms with Crippen LogP contribution in [-0.2, 0) is 22.8 Å². The van der Waals surface area contributed by atoms with Gasteiger partial charge >= 0.3 is 14.8 Å². The number of esters is 1. The standard InChI is InChI=1S/C19H38O5Si/c1-11-16(20)21-14-13-15-25(22-17(3,4)5,23-18(6,7)8)24-19(9,10)12-2/h11H,1,12-15H2,2-10H3. The van der Waals surface area contributed by atoms with E-state index >= 15 is 0 Å². The molecule has 0 aromatic carbocycles. The van der Waals surface area contributed by atoms with Gasteiger partial charge < -0.3 is 18.0 Å². The zero-order valence-corrected chi connectivity index (χ0v) is 18.7. The number of carbonyl (C=O) groups excluding carboxylic acids is 1. The quantitative estimate of drug-likeness (QED) is 0.236. The van der Waals surface area contributed by atoms with Crippen LogP contribution in [0.1, 0.15) is 75.2 Å². The van der Waals surface area contributed by atoms with Crippen molar-refractivity contribution in [2.24, 2.45) is 0 Å². The van der Waals surface area contributed by atoms with Crippen molar-refractivity contribution in [1.29, 1.82) is 0 Å². The predicted molar refractivity (Wildman–Crippen MR) is 103 cm³/mol. The molecular weight excluding hydrogens is 336 g/mol. The maximum Gasteiger partial charge on any atom is 0.502 e. The van der Waals surface area contributed by atoms with E-state index in [-0.39, 0.29) is 12.2 Å². The second kappa shape index (κ2) is 9.30. The molecule has 0 atom stereocenters. The first-order chi connectivity index (χ1) is 11.1. The third-order valence-corrected chi connectivity index (χ3v) is 6.92. The summed E-state index contributed by atoms with van der Waals surface area (Å²) in [6.45, 7) is 21.9. The van der Waals surface area contributed by atoms with Crippen LogP contribution in [0.3, 0.4) is 0 Å². The smallest absolute Gasteiger partial charge is 0.463 e. The number of hydrogen-bond donors (Lipinski definition) is 0. The Labute approximate surface area is 155 Å². The zero-order valence-electron chi connectivity index (χ0n) is 17.7. The lowest BCUT2D eigenvalue weighted by Gasteiger charge is -2.43. The van der Waals surface area contributed by atoms with Crippen LogP contribution in [0.15, 0.2) is 12.7 Å². The molecule has 0 aromatic rings. The third kappa shape index (κ3) is 11.5. The topological polar surface area (TPSA) is 54.0 Å². The van der Waals surface area contributed by atoms with Crippen LogP contribution in [-0.4, -0.2) is 38.2 Å². The largest absolute Gasteiger partial charge is 0.502 e. The predicted octanol–water partition coefficient (Wildman–Crippen LogP) is 4.88. The average Bonchev–Trinajstić information content (AvgIpc) is 2.38. The fourth-order valence-corrected chi connectivity index (χ4v) is 6.02. The first-order valence-electron chi connectivity index (χ1n) is 9.03. The fraction of sp³-hybridized carbons (Fsp3) is 0.842. The van der Waals surface area contributed by atoms with Crippen molar-refractivity contribution in [3.8, 4) is 0 Å². The Hall–Kier alpha value is -0.693. The van der Waals surface area contributed by atoms with Crippen molar-refractivity contribution in [3.05, 3.63) is 12.7 Å². The molecule has 0 aliphatic rings. The number of ether oxygens (including phenoxy) is 1. The minimum Gasteiger partial charge on any atom is -0.463 e. The molecule has 148 valence electrons. The molecule has 0 saturated heterocycles. The lowest BCUT2D eigenvalue weighted by molar-refractivity contribution is -0.138. The molecule has 0 heterocycles. The van der Waals surface area contributed by atoms with Gasteiger partial charge in [0.25, 0.3) is 0 Å². The Morgan fingerprint density at radius 1 is 0.960 bits per heavy atom. The van der Waals surface area contributed by atoms with Crippen molar-refractivity contribution >= 4 is 14.8 Å². The van der Waals surface area contributed by atoms with Crippen molar-refractivity contribution in [2.45, 2.75) is 98.0 Å². The van der Waals surface area contributed by atoms with Gasteiger partial charge in [-0.2, -0.15) is 0 Å². The van der Waals surface area contributed by atoms with Crippen LogP contribution in [0.5, 0.6) is 0 Å². The maximum absolute atomic E-state index is 11.2. The Morgan fingerprint density at radius 2 is 1.44 bits per heavy atom. The summed E-state index contributed by atoms with van der Waals surface area (Å²) in [6, 6.07) is 0.579. The minimum absolute atomic E-state index is 0.288. The van der Waals surface area contributed by atoms with E-state index in [9.17, 15) is 4.79 Å². The van der Waals surface area contributed by atoms with Gasteiger partial charge in [-0.25, -0.2) is 4.79 Å². The molecule has 0 aliphatic heterocycles. The Kier molecular flexibility index (Phi) is 9.05. The Bertz CT molecular complexity index is 416. The zero-order chi connectivity index (χ0) is 19.9. The van der Waals surface area contributed by atoms with Crippen LogP contribution in [0.4, 0.5) is 0 Å². The van der Waals surface area contributed by atoms with E-state index in [1.54, 1.807) is 0 Å². The van der Waals surface area contributed by atoms with E-state index in [0.717, 1.165) is 6.42 Å². The summed E-state index contributed by atoms with van der Waals surface area (Å²) in [4.78, 5) is 11.2. The number of rotatable bonds is 10. The molecule has 0 rings (SSSR count). The van der Waals surface area contributed by atoms with Crippen molar-refractivity contribution in [2.75, 3.05) is 6.61 Å². The summed E-state index contributed by atoms with van der Waals surface area (Å²) in [5, 5.41) is 0. The SMILES string of the molecule is C=CC(=O)OCCC[Si](OC(C)(C)C)(OC(C)(C)C)OC(C)(C)CC. The fourth-order valence-electron chi connectivity index (χ4n) is 2.16. The normalized spacial score (nSPS) is 13.6. The van der Waals surface area contributed by atoms with E-state index in [1.165, 1.54) is 6.08 Å². The highest BCUT2D eigenvalue weighted by molar-refractivity contribution is 6.61. The highest BCUT2D eigenvalue weighted by Crippen LogP contribution is 2.33. The molecule has 0 bridgehead atoms. The first kappa shape index (κ1) is 24.3. The summed E-state index contributed by atoms with van der Waals surface area (Å²) >= 11 is 0. The van der Waals surface area contributed by atoms with Crippen LogP contribution in [0.25, 0.3) is 0 Å². The maximum atomic E-state index is 11.2. The van der Waals surface area contributed by atoms with Gasteiger partial charge in [-0.1, -0.05) is 13.5 Å². The van der Waals surface area contributed by atoms with Crippen molar-refractivity contribution in [3.63, 3.8) is 0 Å². The van der Waals surface area contributed by atoms with E-state index in [2.05, 4.69) is 13.5 Å². The van der Waals surface area contributed by atoms with Gasteiger partial charge in [-0.05, 0) is 68.2 Å². The number of carbonyl (C=O) groups is 1. The van der Waals surface area contributed by atoms with Gasteiger partial charge in [0, 0.05) is 12.1 Å². The minimum atomic E-state index is -3.02. The molecule has 0 unspecified atom stereocenters. The van der Waals surface area contributed by atoms with E-state index < -0.39 is 26.0 Å². The lowest BCUT2D eigenvalue weighted by Crippen LogP contribution is -2.57. The second-order valence-corrected chi connectivity index (χ2v) is 11.3. The van der Waals surface area contributed by atoms with Crippen LogP contribution in [0, 0.1) is 0 Å². The van der Waals surface area contributed by atoms with E-state index in [4.69, 9.17) is 18.0 Å². The third-order valence-electron chi connectivity index (χ3n) is 3.24. The van der Waals surface area contributed by atoms with Crippen LogP contribution < -0.4 is 0 Å². The molecular formula is C19H38O5Si. The van der Waals surface area contributed by atoms with E-state index in [1.807, 2.05) is 55.4 Å². The molecule has 25 heavy (non-hydrogen) atoms. The van der Waals surface area contributed by atoms with Gasteiger partial charge in [0.05, 0.1) is 23.4 Å². The first-order valence-corrected chi connectivity index (χ1v) is 11.0. The van der Waals surface area contributed by atoms with Gasteiger partial charge in [0.1, 0.15) is 0 Å². The summed E-state index contributed by atoms with van der Waals surface area (Å²) in [6.07, 6.45) is 2.62. The van der Waals surface area contributed by atoms with Gasteiger partial charge in [-0.15, -0.1) is 0 Å². The van der Waals surface area contributed by atoms with E-state index in [0.29, 0.717) is 12.5 Å². The Morgan fingerprint density at radius 3 is 1.80 bits per heavy atom. The van der Waals surface area contributed by atoms with Gasteiger partial charge in [0.2, 0.25) is 0 Å². The molecule has 0 radical (unpaired) electrons. The monoisotopic (exact) mass is 374 g/mol. The molecule has 0 N–H and O–H groups in total. The highest BCUT2D eigenvalue weighted by atomic mass is 28.4. The molecule has 6 heteroatoms. The molecule has 0 fully saturated rings. The molecule has 0 amide bonds. The lowest BCUT2D eigenvalue weighted by atomic mass is 10.1. The molecule has 5 nitrogen and oxygen atoms in total. The van der Waals surface area contributed by atoms with Crippen molar-refractivity contribution in [1.82, 2.24) is 0 Å². The summed E-state index contributed by atoms with van der Waals surface area (Å²) in [5.74, 6) is -0.421. The molecule has 0 saturated carbocycles. The Balaban J connectivity index is 5.43. The summed E-state index contributed by atoms with van der Waals surface area (Å²) < 4.78 is 24.4. The number of hydrogen-bond acceptors (Lipinski definition) is 5. The summed E-state index contributed by atoms with van der Waals surface area (Å²) in [7, 11) is -3.02. The highest BCUT2D eigenvalue weighted by Gasteiger charge is 2.50. The van der Waals surface area contributed by atoms with Crippen molar-refractivity contribution < 1.29 is 22.8 Å². The summed E-state index contributed by atoms with van der Waals surface area (Å²) in [5.41, 5.74) is -1.17. The molecule has 0 aromatic heterocycles. The van der Waals surface area contributed by atoms with Crippen LogP contribution >= 0.6 is 0 Å². The van der Waals surface area contributed by atoms with Gasteiger partial charge in [0.15, 0.2) is 0 Å². The molecule has 0 spiro atoms. The van der Waals surface area contributed by atoms with Crippen LogP contribution in [0.2, 0.25) is 6.04 Å². The molecule has 0 aliphatic carbocycles.